The molecule has 1 saturated heterocycles. The molecule has 0 saturated carbocycles. The molecule has 4 nitrogen and oxygen atoms in total. The number of rotatable bonds is 5. The zero-order valence-corrected chi connectivity index (χ0v) is 15.1. The third kappa shape index (κ3) is 4.01. The van der Waals surface area contributed by atoms with Gasteiger partial charge < -0.3 is 10.2 Å². The van der Waals surface area contributed by atoms with Crippen molar-refractivity contribution in [1.82, 2.24) is 9.88 Å². The van der Waals surface area contributed by atoms with E-state index in [-0.39, 0.29) is 11.9 Å². The Kier molecular flexibility index (Phi) is 5.69. The fourth-order valence-corrected chi connectivity index (χ4v) is 3.39. The van der Waals surface area contributed by atoms with Gasteiger partial charge in [0.25, 0.3) is 5.91 Å². The van der Waals surface area contributed by atoms with E-state index < -0.39 is 0 Å². The third-order valence-corrected chi connectivity index (χ3v) is 4.98. The smallest absolute Gasteiger partial charge is 0.254 e. The summed E-state index contributed by atoms with van der Waals surface area (Å²) in [6.07, 6.45) is 6.04. The van der Waals surface area contributed by atoms with Gasteiger partial charge in [0.1, 0.15) is 5.82 Å². The number of piperidine rings is 1. The molecule has 2 heterocycles. The third-order valence-electron chi connectivity index (χ3n) is 4.98. The van der Waals surface area contributed by atoms with Crippen LogP contribution in [0.25, 0.3) is 0 Å². The summed E-state index contributed by atoms with van der Waals surface area (Å²) in [7, 11) is 0. The minimum atomic E-state index is 0.0849. The molecule has 1 aliphatic rings. The summed E-state index contributed by atoms with van der Waals surface area (Å²) in [5, 5.41) is 3.51. The van der Waals surface area contributed by atoms with Gasteiger partial charge in [-0.15, -0.1) is 0 Å². The van der Waals surface area contributed by atoms with Crippen molar-refractivity contribution in [2.45, 2.75) is 51.6 Å². The summed E-state index contributed by atoms with van der Waals surface area (Å²) >= 11 is 0. The Morgan fingerprint density at radius 3 is 2.80 bits per heavy atom. The summed E-state index contributed by atoms with van der Waals surface area (Å²) in [5.74, 6) is 1.03. The molecular formula is C21H27N3O. The Morgan fingerprint density at radius 2 is 2.04 bits per heavy atom. The Hall–Kier alpha value is -2.36. The lowest BCUT2D eigenvalue weighted by molar-refractivity contribution is 0.0612. The zero-order valence-electron chi connectivity index (χ0n) is 15.1. The predicted octanol–water partition coefficient (Wildman–Crippen LogP) is 4.66. The maximum absolute atomic E-state index is 13.1. The van der Waals surface area contributed by atoms with Crippen LogP contribution in [0, 0.1) is 0 Å². The average Bonchev–Trinajstić information content (AvgIpc) is 2.68. The summed E-state index contributed by atoms with van der Waals surface area (Å²) in [6, 6.07) is 14.1. The number of nitrogens with one attached hydrogen (secondary N) is 1. The van der Waals surface area contributed by atoms with Crippen LogP contribution >= 0.6 is 0 Å². The van der Waals surface area contributed by atoms with Crippen molar-refractivity contribution in [3.05, 3.63) is 59.8 Å². The molecule has 25 heavy (non-hydrogen) atoms. The number of carbonyl (C=O) groups is 1. The van der Waals surface area contributed by atoms with E-state index in [1.54, 1.807) is 0 Å². The lowest BCUT2D eigenvalue weighted by atomic mass is 9.94. The van der Waals surface area contributed by atoms with E-state index in [0.717, 1.165) is 49.2 Å². The van der Waals surface area contributed by atoms with Gasteiger partial charge >= 0.3 is 0 Å². The summed E-state index contributed by atoms with van der Waals surface area (Å²) < 4.78 is 0. The number of nitrogens with zero attached hydrogens (tertiary/aromatic N) is 2. The van der Waals surface area contributed by atoms with Gasteiger partial charge in [-0.2, -0.15) is 0 Å². The largest absolute Gasteiger partial charge is 0.367 e. The molecule has 4 heteroatoms. The van der Waals surface area contributed by atoms with Gasteiger partial charge in [0.05, 0.1) is 6.04 Å². The lowest BCUT2D eigenvalue weighted by Gasteiger charge is -2.37. The van der Waals surface area contributed by atoms with Gasteiger partial charge in [0.15, 0.2) is 0 Å². The fourth-order valence-electron chi connectivity index (χ4n) is 3.39. The van der Waals surface area contributed by atoms with E-state index in [1.807, 2.05) is 47.5 Å². The average molecular weight is 337 g/mol. The summed E-state index contributed by atoms with van der Waals surface area (Å²) in [4.78, 5) is 19.6. The van der Waals surface area contributed by atoms with Crippen LogP contribution in [-0.4, -0.2) is 28.4 Å². The SMILES string of the molecule is CC[C@H](C)Nc1ncccc1[C@H]1CCCCN1C(=O)c1ccccc1. The number of aromatic nitrogens is 1. The van der Waals surface area contributed by atoms with Crippen molar-refractivity contribution < 1.29 is 4.79 Å². The molecule has 1 aromatic carbocycles. The van der Waals surface area contributed by atoms with Crippen LogP contribution in [0.3, 0.4) is 0 Å². The van der Waals surface area contributed by atoms with Gasteiger partial charge in [0, 0.05) is 29.9 Å². The summed E-state index contributed by atoms with van der Waals surface area (Å²) in [5.41, 5.74) is 1.89. The van der Waals surface area contributed by atoms with Crippen molar-refractivity contribution >= 4 is 11.7 Å². The van der Waals surface area contributed by atoms with Gasteiger partial charge in [-0.1, -0.05) is 31.2 Å². The van der Waals surface area contributed by atoms with Crippen LogP contribution in [0.2, 0.25) is 0 Å². The second-order valence-corrected chi connectivity index (χ2v) is 6.77. The van der Waals surface area contributed by atoms with Crippen LogP contribution < -0.4 is 5.32 Å². The van der Waals surface area contributed by atoms with Crippen LogP contribution in [0.15, 0.2) is 48.7 Å². The molecule has 1 amide bonds. The van der Waals surface area contributed by atoms with Crippen molar-refractivity contribution in [3.63, 3.8) is 0 Å². The number of benzene rings is 1. The second-order valence-electron chi connectivity index (χ2n) is 6.77. The van der Waals surface area contributed by atoms with Crippen molar-refractivity contribution in [1.29, 1.82) is 0 Å². The summed E-state index contributed by atoms with van der Waals surface area (Å²) in [6.45, 7) is 5.12. The van der Waals surface area contributed by atoms with E-state index in [0.29, 0.717) is 6.04 Å². The van der Waals surface area contributed by atoms with E-state index in [9.17, 15) is 4.79 Å². The van der Waals surface area contributed by atoms with Gasteiger partial charge in [0.2, 0.25) is 0 Å². The molecular weight excluding hydrogens is 310 g/mol. The van der Waals surface area contributed by atoms with E-state index >= 15 is 0 Å². The Morgan fingerprint density at radius 1 is 1.24 bits per heavy atom. The van der Waals surface area contributed by atoms with Crippen LogP contribution in [0.4, 0.5) is 5.82 Å². The Labute approximate surface area is 150 Å². The number of likely N-dealkylation sites (tertiary alicyclic amines) is 1. The van der Waals surface area contributed by atoms with Gasteiger partial charge in [-0.25, -0.2) is 4.98 Å². The molecule has 0 bridgehead atoms. The predicted molar refractivity (Wildman–Crippen MR) is 102 cm³/mol. The fraction of sp³-hybridized carbons (Fsp3) is 0.429. The van der Waals surface area contributed by atoms with Crippen LogP contribution in [0.1, 0.15) is 61.5 Å². The number of anilines is 1. The lowest BCUT2D eigenvalue weighted by Crippen LogP contribution is -2.39. The minimum Gasteiger partial charge on any atom is -0.367 e. The molecule has 1 fully saturated rings. The van der Waals surface area contributed by atoms with Gasteiger partial charge in [-0.05, 0) is 50.8 Å². The maximum atomic E-state index is 13.1. The highest BCUT2D eigenvalue weighted by atomic mass is 16.2. The first kappa shape index (κ1) is 17.5. The molecule has 0 radical (unpaired) electrons. The highest BCUT2D eigenvalue weighted by Gasteiger charge is 2.30. The Balaban J connectivity index is 1.90. The van der Waals surface area contributed by atoms with E-state index in [4.69, 9.17) is 0 Å². The highest BCUT2D eigenvalue weighted by molar-refractivity contribution is 5.94. The molecule has 0 unspecified atom stereocenters. The first-order valence-corrected chi connectivity index (χ1v) is 9.28. The number of carbonyl (C=O) groups excluding carboxylic acids is 1. The molecule has 2 aromatic rings. The van der Waals surface area contributed by atoms with Gasteiger partial charge in [-0.3, -0.25) is 4.79 Å². The standard InChI is InChI=1S/C21H27N3O/c1-3-16(2)23-20-18(12-9-14-22-20)19-13-7-8-15-24(19)21(25)17-10-5-4-6-11-17/h4-6,9-12,14,16,19H,3,7-8,13,15H2,1-2H3,(H,22,23)/t16-,19+/m0/s1. The van der Waals surface area contributed by atoms with Crippen LogP contribution in [0.5, 0.6) is 0 Å². The Bertz CT molecular complexity index is 701. The number of pyridine rings is 1. The minimum absolute atomic E-state index is 0.0849. The molecule has 3 rings (SSSR count). The van der Waals surface area contributed by atoms with Crippen molar-refractivity contribution in [3.8, 4) is 0 Å². The molecule has 1 aliphatic heterocycles. The topological polar surface area (TPSA) is 45.2 Å². The highest BCUT2D eigenvalue weighted by Crippen LogP contribution is 2.35. The molecule has 2 atom stereocenters. The van der Waals surface area contributed by atoms with E-state index in [2.05, 4.69) is 30.2 Å². The normalized spacial score (nSPS) is 18.6. The van der Waals surface area contributed by atoms with Crippen molar-refractivity contribution in [2.75, 3.05) is 11.9 Å². The van der Waals surface area contributed by atoms with Crippen molar-refractivity contribution in [2.24, 2.45) is 0 Å². The molecule has 0 spiro atoms. The number of amides is 1. The quantitative estimate of drug-likeness (QED) is 0.863. The maximum Gasteiger partial charge on any atom is 0.254 e. The number of hydrogen-bond acceptors (Lipinski definition) is 3. The van der Waals surface area contributed by atoms with Crippen LogP contribution in [-0.2, 0) is 0 Å². The van der Waals surface area contributed by atoms with E-state index in [1.165, 1.54) is 0 Å². The molecule has 1 aromatic heterocycles. The second kappa shape index (κ2) is 8.15. The zero-order chi connectivity index (χ0) is 17.6. The number of hydrogen-bond donors (Lipinski definition) is 1. The first-order valence-electron chi connectivity index (χ1n) is 9.28. The molecule has 0 aliphatic carbocycles. The first-order chi connectivity index (χ1) is 12.2. The molecule has 1 N–H and O–H groups in total. The monoisotopic (exact) mass is 337 g/mol. The molecule has 132 valence electrons.